The first-order chi connectivity index (χ1) is 18.3. The minimum absolute atomic E-state index is 0. The van der Waals surface area contributed by atoms with Crippen LogP contribution in [0.3, 0.4) is 0 Å². The zero-order chi connectivity index (χ0) is 25.0. The van der Waals surface area contributed by atoms with Crippen molar-refractivity contribution in [2.45, 2.75) is 6.42 Å². The van der Waals surface area contributed by atoms with Crippen molar-refractivity contribution in [2.75, 3.05) is 11.9 Å². The Morgan fingerprint density at radius 2 is 1.61 bits per heavy atom. The normalized spacial score (nSPS) is 10.6. The van der Waals surface area contributed by atoms with E-state index in [1.165, 1.54) is 0 Å². The second kappa shape index (κ2) is 11.0. The molecule has 6 nitrogen and oxygen atoms in total. The number of rotatable bonds is 7. The molecule has 0 radical (unpaired) electrons. The van der Waals surface area contributed by atoms with Gasteiger partial charge >= 0.3 is 0 Å². The van der Waals surface area contributed by atoms with Crippen molar-refractivity contribution >= 4 is 45.7 Å². The van der Waals surface area contributed by atoms with Gasteiger partial charge in [0.1, 0.15) is 18.2 Å². The molecular weight excluding hydrogens is 494 g/mol. The Morgan fingerprint density at radius 1 is 0.842 bits per heavy atom. The number of hydrogen-bond donors (Lipinski definition) is 2. The summed E-state index contributed by atoms with van der Waals surface area (Å²) in [6, 6.07) is 32.2. The Labute approximate surface area is 226 Å². The highest BCUT2D eigenvalue weighted by Crippen LogP contribution is 2.29. The first-order valence-electron chi connectivity index (χ1n) is 12.0. The topological polar surface area (TPSA) is 75.7 Å². The van der Waals surface area contributed by atoms with E-state index < -0.39 is 0 Å². The van der Waals surface area contributed by atoms with Gasteiger partial charge in [-0.3, -0.25) is 0 Å². The predicted molar refractivity (Wildman–Crippen MR) is 155 cm³/mol. The van der Waals surface area contributed by atoms with Crippen molar-refractivity contribution in [3.05, 3.63) is 108 Å². The van der Waals surface area contributed by atoms with Gasteiger partial charge < -0.3 is 15.0 Å². The lowest BCUT2D eigenvalue weighted by Crippen LogP contribution is -2.02. The van der Waals surface area contributed by atoms with Crippen LogP contribution in [0, 0.1) is 12.3 Å². The van der Waals surface area contributed by atoms with E-state index >= 15 is 0 Å². The SMILES string of the molecule is C#CCOc1ccc(Cc2nnc(Nc3ccc4nc(-c5ccccc5)[nH]c4c3)c3ccccc23)cc1.Cl. The van der Waals surface area contributed by atoms with Crippen LogP contribution < -0.4 is 10.1 Å². The molecule has 0 fully saturated rings. The lowest BCUT2D eigenvalue weighted by molar-refractivity contribution is 0.370. The van der Waals surface area contributed by atoms with Crippen LogP contribution in [-0.4, -0.2) is 26.8 Å². The first-order valence-corrected chi connectivity index (χ1v) is 12.0. The number of imidazole rings is 1. The molecule has 2 aromatic heterocycles. The number of H-pyrrole nitrogens is 1. The molecule has 4 aromatic carbocycles. The number of halogens is 1. The molecular formula is C31H24ClN5O. The molecule has 38 heavy (non-hydrogen) atoms. The number of hydrogen-bond acceptors (Lipinski definition) is 5. The maximum absolute atomic E-state index is 5.47. The van der Waals surface area contributed by atoms with Gasteiger partial charge in [-0.15, -0.1) is 23.9 Å². The molecule has 0 aliphatic carbocycles. The third kappa shape index (κ3) is 5.15. The fourth-order valence-corrected chi connectivity index (χ4v) is 4.36. The van der Waals surface area contributed by atoms with Gasteiger partial charge in [0.2, 0.25) is 0 Å². The molecule has 0 saturated carbocycles. The van der Waals surface area contributed by atoms with Gasteiger partial charge in [-0.25, -0.2) is 4.98 Å². The molecule has 0 spiro atoms. The Hall–Kier alpha value is -4.86. The summed E-state index contributed by atoms with van der Waals surface area (Å²) in [5.74, 6) is 4.78. The van der Waals surface area contributed by atoms with E-state index in [-0.39, 0.29) is 19.0 Å². The zero-order valence-electron chi connectivity index (χ0n) is 20.4. The average Bonchev–Trinajstić information content (AvgIpc) is 3.38. The van der Waals surface area contributed by atoms with Crippen molar-refractivity contribution in [1.29, 1.82) is 0 Å². The Kier molecular flexibility index (Phi) is 7.21. The summed E-state index contributed by atoms with van der Waals surface area (Å²) in [5.41, 5.74) is 5.85. The monoisotopic (exact) mass is 517 g/mol. The van der Waals surface area contributed by atoms with E-state index in [4.69, 9.17) is 16.1 Å². The summed E-state index contributed by atoms with van der Waals surface area (Å²) in [4.78, 5) is 8.15. The van der Waals surface area contributed by atoms with Crippen molar-refractivity contribution in [2.24, 2.45) is 0 Å². The highest BCUT2D eigenvalue weighted by atomic mass is 35.5. The van der Waals surface area contributed by atoms with E-state index in [1.54, 1.807) is 0 Å². The van der Waals surface area contributed by atoms with Crippen LogP contribution in [0.2, 0.25) is 0 Å². The van der Waals surface area contributed by atoms with Crippen LogP contribution in [0.15, 0.2) is 97.1 Å². The molecule has 0 bridgehead atoms. The van der Waals surface area contributed by atoms with Gasteiger partial charge in [0.25, 0.3) is 0 Å². The van der Waals surface area contributed by atoms with Crippen molar-refractivity contribution < 1.29 is 4.74 Å². The van der Waals surface area contributed by atoms with Gasteiger partial charge in [-0.2, -0.15) is 5.10 Å². The number of aromatic nitrogens is 4. The molecule has 2 heterocycles. The third-order valence-electron chi connectivity index (χ3n) is 6.17. The van der Waals surface area contributed by atoms with Gasteiger partial charge in [0, 0.05) is 28.4 Å². The number of nitrogens with zero attached hydrogens (tertiary/aromatic N) is 3. The fourth-order valence-electron chi connectivity index (χ4n) is 4.36. The quantitative estimate of drug-likeness (QED) is 0.224. The Morgan fingerprint density at radius 3 is 2.39 bits per heavy atom. The summed E-state index contributed by atoms with van der Waals surface area (Å²) in [6.07, 6.45) is 5.93. The molecule has 6 rings (SSSR count). The van der Waals surface area contributed by atoms with Gasteiger partial charge in [0.15, 0.2) is 5.82 Å². The summed E-state index contributed by atoms with van der Waals surface area (Å²) in [5, 5.41) is 14.7. The molecule has 0 aliphatic heterocycles. The molecule has 0 aliphatic rings. The lowest BCUT2D eigenvalue weighted by atomic mass is 10.0. The summed E-state index contributed by atoms with van der Waals surface area (Å²) >= 11 is 0. The highest BCUT2D eigenvalue weighted by Gasteiger charge is 2.12. The number of benzene rings is 4. The Balaban J connectivity index is 0.00000294. The maximum Gasteiger partial charge on any atom is 0.160 e. The third-order valence-corrected chi connectivity index (χ3v) is 6.17. The minimum atomic E-state index is 0. The summed E-state index contributed by atoms with van der Waals surface area (Å²) in [6.45, 7) is 0.255. The van der Waals surface area contributed by atoms with Crippen LogP contribution in [0.5, 0.6) is 5.75 Å². The summed E-state index contributed by atoms with van der Waals surface area (Å²) < 4.78 is 5.47. The van der Waals surface area contributed by atoms with Crippen molar-refractivity contribution in [1.82, 2.24) is 20.2 Å². The summed E-state index contributed by atoms with van der Waals surface area (Å²) in [7, 11) is 0. The van der Waals surface area contributed by atoms with E-state index in [1.807, 2.05) is 84.9 Å². The zero-order valence-corrected chi connectivity index (χ0v) is 21.2. The number of nitrogens with one attached hydrogen (secondary N) is 2. The van der Waals surface area contributed by atoms with Crippen LogP contribution in [-0.2, 0) is 6.42 Å². The number of ether oxygens (including phenoxy) is 1. The number of aromatic amines is 1. The number of fused-ring (bicyclic) bond motifs is 2. The largest absolute Gasteiger partial charge is 0.481 e. The van der Waals surface area contributed by atoms with Crippen LogP contribution >= 0.6 is 12.4 Å². The van der Waals surface area contributed by atoms with E-state index in [2.05, 4.69) is 38.6 Å². The highest BCUT2D eigenvalue weighted by molar-refractivity contribution is 5.95. The van der Waals surface area contributed by atoms with Crippen LogP contribution in [0.1, 0.15) is 11.3 Å². The standard InChI is InChI=1S/C31H23N5O.ClH/c1-2-18-37-24-15-12-21(13-16-24)19-28-25-10-6-7-11-26(25)31(36-35-28)32-23-14-17-27-29(20-23)34-30(33-27)22-8-4-3-5-9-22;/h1,3-17,20H,18-19H2,(H,32,36)(H,33,34);1H. The van der Waals surface area contributed by atoms with Crippen LogP contribution in [0.4, 0.5) is 11.5 Å². The molecule has 7 heteroatoms. The van der Waals surface area contributed by atoms with Crippen molar-refractivity contribution in [3.8, 4) is 29.5 Å². The number of terminal acetylenes is 1. The Bertz CT molecular complexity index is 1740. The molecule has 0 amide bonds. The van der Waals surface area contributed by atoms with Gasteiger partial charge in [-0.1, -0.05) is 72.7 Å². The molecule has 0 atom stereocenters. The molecule has 6 aromatic rings. The molecule has 186 valence electrons. The second-order valence-corrected chi connectivity index (χ2v) is 8.66. The minimum Gasteiger partial charge on any atom is -0.481 e. The van der Waals surface area contributed by atoms with Gasteiger partial charge in [-0.05, 0) is 35.9 Å². The maximum atomic E-state index is 5.47. The fraction of sp³-hybridized carbons (Fsp3) is 0.0645. The predicted octanol–water partition coefficient (Wildman–Crippen LogP) is 6.94. The number of anilines is 2. The van der Waals surface area contributed by atoms with Crippen LogP contribution in [0.25, 0.3) is 33.2 Å². The van der Waals surface area contributed by atoms with E-state index in [0.29, 0.717) is 12.2 Å². The van der Waals surface area contributed by atoms with Gasteiger partial charge in [0.05, 0.1) is 16.7 Å². The molecule has 0 saturated heterocycles. The second-order valence-electron chi connectivity index (χ2n) is 8.66. The van der Waals surface area contributed by atoms with E-state index in [9.17, 15) is 0 Å². The smallest absolute Gasteiger partial charge is 0.160 e. The lowest BCUT2D eigenvalue weighted by Gasteiger charge is -2.11. The average molecular weight is 518 g/mol. The molecule has 2 N–H and O–H groups in total. The van der Waals surface area contributed by atoms with Crippen molar-refractivity contribution in [3.63, 3.8) is 0 Å². The molecule has 0 unspecified atom stereocenters. The van der Waals surface area contributed by atoms with E-state index in [0.717, 1.165) is 55.9 Å². The first kappa shape index (κ1) is 24.8.